The summed E-state index contributed by atoms with van der Waals surface area (Å²) in [5, 5.41) is 1.08. The van der Waals surface area contributed by atoms with Gasteiger partial charge < -0.3 is 9.47 Å². The minimum atomic E-state index is -1.13. The molecule has 0 aliphatic heterocycles. The first kappa shape index (κ1) is 11.6. The maximum atomic E-state index is 11.4. The van der Waals surface area contributed by atoms with Gasteiger partial charge in [0.05, 0.1) is 17.4 Å². The third-order valence-electron chi connectivity index (χ3n) is 1.73. The lowest BCUT2D eigenvalue weighted by Gasteiger charge is -2.28. The van der Waals surface area contributed by atoms with Gasteiger partial charge in [0.25, 0.3) is 5.91 Å². The molecule has 0 atom stereocenters. The summed E-state index contributed by atoms with van der Waals surface area (Å²) in [5.41, 5.74) is -1.13. The minimum Gasteiger partial charge on any atom is -0.350 e. The predicted molar refractivity (Wildman–Crippen MR) is 46.5 cm³/mol. The average molecular weight is 193 g/mol. The van der Waals surface area contributed by atoms with Crippen molar-refractivity contribution >= 4 is 16.1 Å². The van der Waals surface area contributed by atoms with Crippen LogP contribution in [0.2, 0.25) is 0 Å². The Bertz CT molecular complexity index is 160. The number of rotatable bonds is 4. The van der Waals surface area contributed by atoms with E-state index >= 15 is 0 Å². The molecule has 0 spiro atoms. The molecule has 0 fully saturated rings. The molecule has 5 nitrogen and oxygen atoms in total. The van der Waals surface area contributed by atoms with E-state index in [-0.39, 0.29) is 5.91 Å². The number of hydrogen-bond acceptors (Lipinski definition) is 4. The van der Waals surface area contributed by atoms with Gasteiger partial charge in [0.15, 0.2) is 0 Å². The summed E-state index contributed by atoms with van der Waals surface area (Å²) in [7, 11) is 6.21. The zero-order valence-electron chi connectivity index (χ0n) is 8.08. The van der Waals surface area contributed by atoms with Crippen molar-refractivity contribution in [2.24, 2.45) is 0 Å². The third-order valence-corrected chi connectivity index (χ3v) is 2.97. The Morgan fingerprint density at radius 3 is 2.00 bits per heavy atom. The second-order valence-corrected chi connectivity index (χ2v) is 3.66. The molecular weight excluding hydrogens is 178 g/mol. The van der Waals surface area contributed by atoms with Crippen LogP contribution in [0, 0.1) is 0 Å². The van der Waals surface area contributed by atoms with E-state index in [1.807, 2.05) is 0 Å². The first-order chi connectivity index (χ1) is 5.51. The maximum absolute atomic E-state index is 11.4. The van der Waals surface area contributed by atoms with Crippen LogP contribution in [0.1, 0.15) is 0 Å². The Hall–Kier alpha value is -0.433. The van der Waals surface area contributed by atoms with Crippen molar-refractivity contribution in [2.45, 2.75) is 5.41 Å². The summed E-state index contributed by atoms with van der Waals surface area (Å²) in [6.45, 7) is 0. The highest BCUT2D eigenvalue weighted by Gasteiger charge is 2.35. The number of carbonyl (C=O) groups excluding carboxylic acids is 1. The van der Waals surface area contributed by atoms with Crippen molar-refractivity contribution < 1.29 is 19.1 Å². The van der Waals surface area contributed by atoms with Gasteiger partial charge in [0.2, 0.25) is 5.41 Å². The average Bonchev–Trinajstić information content (AvgIpc) is 2.14. The second-order valence-electron chi connectivity index (χ2n) is 2.34. The van der Waals surface area contributed by atoms with Gasteiger partial charge in [-0.15, -0.1) is 0 Å². The first-order valence-electron chi connectivity index (χ1n) is 3.44. The zero-order valence-corrected chi connectivity index (χ0v) is 10.1. The van der Waals surface area contributed by atoms with Gasteiger partial charge in [-0.2, -0.15) is 0 Å². The van der Waals surface area contributed by atoms with E-state index in [1.54, 1.807) is 0 Å². The summed E-state index contributed by atoms with van der Waals surface area (Å²) in [5.74, 6) is -0.332. The molecule has 0 unspecified atom stereocenters. The Morgan fingerprint density at radius 1 is 1.33 bits per heavy atom. The number of carbonyl (C=O) groups is 1. The van der Waals surface area contributed by atoms with Gasteiger partial charge in [-0.1, -0.05) is 0 Å². The Kier molecular flexibility index (Phi) is 4.39. The van der Waals surface area contributed by atoms with Crippen molar-refractivity contribution in [3.8, 4) is 0 Å². The molecule has 12 heavy (non-hydrogen) atoms. The molecule has 0 aromatic carbocycles. The van der Waals surface area contributed by atoms with Crippen LogP contribution in [-0.2, 0) is 19.1 Å². The number of likely N-dealkylation sites (N-methyl/N-ethyl adjacent to an activating group) is 1. The molecule has 0 heterocycles. The van der Waals surface area contributed by atoms with Gasteiger partial charge >= 0.3 is 0 Å². The van der Waals surface area contributed by atoms with Crippen LogP contribution in [0.25, 0.3) is 0 Å². The first-order valence-corrected chi connectivity index (χ1v) is 4.44. The molecule has 0 radical (unpaired) electrons. The highest BCUT2D eigenvalue weighted by molar-refractivity contribution is 6.25. The van der Waals surface area contributed by atoms with E-state index in [9.17, 15) is 4.79 Å². The molecule has 0 aromatic rings. The fourth-order valence-corrected chi connectivity index (χ4v) is 0.942. The molecule has 0 bridgehead atoms. The summed E-state index contributed by atoms with van der Waals surface area (Å²) in [4.78, 5) is 16.2. The van der Waals surface area contributed by atoms with Crippen molar-refractivity contribution in [1.82, 2.24) is 5.06 Å². The fourth-order valence-electron chi connectivity index (χ4n) is 0.627. The van der Waals surface area contributed by atoms with Crippen LogP contribution in [0.3, 0.4) is 0 Å². The summed E-state index contributed by atoms with van der Waals surface area (Å²) in [6.07, 6.45) is 0. The molecule has 0 aromatic heterocycles. The van der Waals surface area contributed by atoms with Crippen LogP contribution >= 0.6 is 0 Å². The lowest BCUT2D eigenvalue weighted by atomic mass is 10.5. The van der Waals surface area contributed by atoms with Gasteiger partial charge in [-0.05, 0) is 0 Å². The van der Waals surface area contributed by atoms with Crippen LogP contribution < -0.4 is 0 Å². The van der Waals surface area contributed by atoms with E-state index < -0.39 is 5.41 Å². The van der Waals surface area contributed by atoms with Gasteiger partial charge in [0, 0.05) is 21.3 Å². The molecule has 6 heteroatoms. The van der Waals surface area contributed by atoms with Gasteiger partial charge in [0.1, 0.15) is 0 Å². The smallest absolute Gasteiger partial charge is 0.300 e. The summed E-state index contributed by atoms with van der Waals surface area (Å²) < 4.78 is 9.88. The largest absolute Gasteiger partial charge is 0.350 e. The van der Waals surface area contributed by atoms with Gasteiger partial charge in [-0.25, -0.2) is 5.06 Å². The molecule has 0 saturated heterocycles. The van der Waals surface area contributed by atoms with Crippen molar-refractivity contribution in [2.75, 3.05) is 28.4 Å². The molecule has 0 aliphatic rings. The van der Waals surface area contributed by atoms with Crippen LogP contribution in [0.15, 0.2) is 0 Å². The number of nitrogens with zero attached hydrogens (tertiary/aromatic N) is 1. The summed E-state index contributed by atoms with van der Waals surface area (Å²) in [6, 6.07) is 0. The summed E-state index contributed by atoms with van der Waals surface area (Å²) >= 11 is 0. The molecular formula is C6H15NO4Si. The lowest BCUT2D eigenvalue weighted by Crippen LogP contribution is -2.50. The third kappa shape index (κ3) is 2.28. The SMILES string of the molecule is CON(C)C(=O)C([SiH3])(OC)OC. The zero-order chi connectivity index (χ0) is 9.78. The van der Waals surface area contributed by atoms with E-state index in [1.165, 1.54) is 28.4 Å². The molecule has 0 rings (SSSR count). The van der Waals surface area contributed by atoms with Crippen molar-refractivity contribution in [1.29, 1.82) is 0 Å². The highest BCUT2D eigenvalue weighted by Crippen LogP contribution is 2.09. The van der Waals surface area contributed by atoms with Crippen molar-refractivity contribution in [3.05, 3.63) is 0 Å². The van der Waals surface area contributed by atoms with Crippen LogP contribution in [0.4, 0.5) is 0 Å². The number of amides is 1. The molecule has 72 valence electrons. The fraction of sp³-hybridized carbons (Fsp3) is 0.833. The van der Waals surface area contributed by atoms with E-state index in [0.717, 1.165) is 5.06 Å². The highest BCUT2D eigenvalue weighted by atomic mass is 28.1. The van der Waals surface area contributed by atoms with Crippen LogP contribution in [0.5, 0.6) is 0 Å². The number of hydrogen-bond donors (Lipinski definition) is 0. The minimum absolute atomic E-state index is 0.332. The number of hydroxylamine groups is 2. The molecule has 0 saturated carbocycles. The van der Waals surface area contributed by atoms with E-state index in [0.29, 0.717) is 10.2 Å². The topological polar surface area (TPSA) is 48.0 Å². The van der Waals surface area contributed by atoms with Crippen LogP contribution in [-0.4, -0.2) is 55.0 Å². The number of methoxy groups -OCH3 is 2. The van der Waals surface area contributed by atoms with E-state index in [4.69, 9.17) is 14.3 Å². The van der Waals surface area contributed by atoms with Crippen molar-refractivity contribution in [3.63, 3.8) is 0 Å². The normalized spacial score (nSPS) is 11.7. The second kappa shape index (κ2) is 4.56. The number of ether oxygens (including phenoxy) is 2. The quantitative estimate of drug-likeness (QED) is 0.304. The Labute approximate surface area is 75.0 Å². The Morgan fingerprint density at radius 2 is 1.75 bits per heavy atom. The monoisotopic (exact) mass is 193 g/mol. The molecule has 1 amide bonds. The van der Waals surface area contributed by atoms with E-state index in [2.05, 4.69) is 0 Å². The standard InChI is InChI=1S/C6H15NO4Si/c1-7(11-4)5(8)6(12,9-2)10-3/h1-4,12H3. The van der Waals surface area contributed by atoms with Gasteiger partial charge in [-0.3, -0.25) is 9.63 Å². The Balaban J connectivity index is 4.41. The molecule has 0 aliphatic carbocycles. The predicted octanol–water partition coefficient (Wildman–Crippen LogP) is -1.68. The maximum Gasteiger partial charge on any atom is 0.300 e. The lowest BCUT2D eigenvalue weighted by molar-refractivity contribution is -0.215. The molecule has 0 N–H and O–H groups in total.